The molecule has 0 spiro atoms. The second-order valence-electron chi connectivity index (χ2n) is 6.80. The minimum atomic E-state index is -3.75. The lowest BCUT2D eigenvalue weighted by Gasteiger charge is -2.30. The van der Waals surface area contributed by atoms with Crippen LogP contribution in [0.1, 0.15) is 24.5 Å². The molecule has 2 aromatic carbocycles. The molecule has 1 atom stereocenters. The Morgan fingerprint density at radius 1 is 1.17 bits per heavy atom. The van der Waals surface area contributed by atoms with Gasteiger partial charge in [-0.05, 0) is 61.7 Å². The van der Waals surface area contributed by atoms with E-state index in [9.17, 15) is 17.6 Å². The van der Waals surface area contributed by atoms with Crippen LogP contribution in [0.5, 0.6) is 5.75 Å². The van der Waals surface area contributed by atoms with E-state index in [0.717, 1.165) is 39.6 Å². The van der Waals surface area contributed by atoms with E-state index < -0.39 is 27.8 Å². The molecule has 1 amide bonds. The van der Waals surface area contributed by atoms with E-state index in [-0.39, 0.29) is 25.3 Å². The zero-order valence-electron chi connectivity index (χ0n) is 17.1. The third kappa shape index (κ3) is 5.93. The summed E-state index contributed by atoms with van der Waals surface area (Å²) < 4.78 is 44.6. The lowest BCUT2D eigenvalue weighted by molar-refractivity contribution is -0.122. The van der Waals surface area contributed by atoms with Crippen molar-refractivity contribution in [2.24, 2.45) is 0 Å². The molecule has 0 aliphatic heterocycles. The van der Waals surface area contributed by atoms with E-state index in [2.05, 4.69) is 5.32 Å². The lowest BCUT2D eigenvalue weighted by atomic mass is 10.1. The number of ether oxygens (including phenoxy) is 1. The highest BCUT2D eigenvalue weighted by molar-refractivity contribution is 7.92. The summed E-state index contributed by atoms with van der Waals surface area (Å²) in [6.45, 7) is 6.15. The number of rotatable bonds is 9. The van der Waals surface area contributed by atoms with Gasteiger partial charge in [0, 0.05) is 0 Å². The number of nitrogens with one attached hydrogen (secondary N) is 1. The Hall–Kier alpha value is -2.61. The first-order valence-electron chi connectivity index (χ1n) is 9.36. The summed E-state index contributed by atoms with van der Waals surface area (Å²) in [7, 11) is -3.75. The Bertz CT molecular complexity index is 946. The van der Waals surface area contributed by atoms with Gasteiger partial charge in [-0.2, -0.15) is 0 Å². The minimum Gasteiger partial charge on any atom is -0.491 e. The van der Waals surface area contributed by atoms with Gasteiger partial charge in [-0.15, -0.1) is 0 Å². The van der Waals surface area contributed by atoms with Crippen LogP contribution in [0.4, 0.5) is 10.1 Å². The van der Waals surface area contributed by atoms with Gasteiger partial charge < -0.3 is 10.1 Å². The van der Waals surface area contributed by atoms with Crippen molar-refractivity contribution >= 4 is 21.6 Å². The lowest BCUT2D eigenvalue weighted by Crippen LogP contribution is -2.50. The molecular weight excluding hydrogens is 395 g/mol. The van der Waals surface area contributed by atoms with Crippen molar-refractivity contribution in [3.05, 3.63) is 59.4 Å². The van der Waals surface area contributed by atoms with E-state index in [4.69, 9.17) is 4.74 Å². The van der Waals surface area contributed by atoms with Crippen molar-refractivity contribution in [3.63, 3.8) is 0 Å². The first-order valence-corrected chi connectivity index (χ1v) is 11.2. The van der Waals surface area contributed by atoms with E-state index in [0.29, 0.717) is 0 Å². The van der Waals surface area contributed by atoms with Crippen molar-refractivity contribution in [3.8, 4) is 5.75 Å². The van der Waals surface area contributed by atoms with Gasteiger partial charge in [-0.25, -0.2) is 12.8 Å². The first-order chi connectivity index (χ1) is 13.6. The van der Waals surface area contributed by atoms with Crippen LogP contribution in [0.15, 0.2) is 42.5 Å². The van der Waals surface area contributed by atoms with Crippen molar-refractivity contribution in [1.82, 2.24) is 5.32 Å². The smallest absolute Gasteiger partial charge is 0.244 e. The Balaban J connectivity index is 2.05. The van der Waals surface area contributed by atoms with Gasteiger partial charge in [0.05, 0.1) is 18.5 Å². The fourth-order valence-electron chi connectivity index (χ4n) is 2.98. The molecule has 0 aromatic heterocycles. The summed E-state index contributed by atoms with van der Waals surface area (Å²) >= 11 is 0. The molecule has 0 saturated carbocycles. The summed E-state index contributed by atoms with van der Waals surface area (Å²) in [5.74, 6) is -0.175. The molecule has 158 valence electrons. The van der Waals surface area contributed by atoms with E-state index in [1.165, 1.54) is 12.1 Å². The van der Waals surface area contributed by atoms with Crippen LogP contribution < -0.4 is 14.4 Å². The zero-order valence-corrected chi connectivity index (χ0v) is 17.9. The molecular formula is C21H27FN2O4S. The molecule has 29 heavy (non-hydrogen) atoms. The van der Waals surface area contributed by atoms with E-state index in [1.807, 2.05) is 32.0 Å². The Labute approximate surface area is 171 Å². The van der Waals surface area contributed by atoms with Gasteiger partial charge >= 0.3 is 0 Å². The molecule has 0 radical (unpaired) electrons. The third-order valence-electron chi connectivity index (χ3n) is 4.62. The molecule has 0 aliphatic rings. The Morgan fingerprint density at radius 3 is 2.41 bits per heavy atom. The van der Waals surface area contributed by atoms with Crippen LogP contribution in [0, 0.1) is 19.7 Å². The third-order valence-corrected chi connectivity index (χ3v) is 5.80. The highest BCUT2D eigenvalue weighted by Gasteiger charge is 2.31. The molecule has 0 bridgehead atoms. The second-order valence-corrected chi connectivity index (χ2v) is 8.66. The number of hydrogen-bond acceptors (Lipinski definition) is 4. The highest BCUT2D eigenvalue weighted by atomic mass is 32.2. The van der Waals surface area contributed by atoms with Gasteiger partial charge in [0.25, 0.3) is 0 Å². The van der Waals surface area contributed by atoms with Crippen LogP contribution in [0.2, 0.25) is 0 Å². The average Bonchev–Trinajstić information content (AvgIpc) is 2.66. The largest absolute Gasteiger partial charge is 0.491 e. The second kappa shape index (κ2) is 9.73. The molecule has 0 aliphatic carbocycles. The molecule has 0 unspecified atom stereocenters. The van der Waals surface area contributed by atoms with Crippen molar-refractivity contribution in [2.45, 2.75) is 33.2 Å². The number of nitrogens with zero attached hydrogens (tertiary/aromatic N) is 1. The maximum absolute atomic E-state index is 13.2. The number of amides is 1. The Kier molecular flexibility index (Phi) is 7.61. The van der Waals surface area contributed by atoms with Gasteiger partial charge in [0.1, 0.15) is 24.2 Å². The fourth-order valence-corrected chi connectivity index (χ4v) is 4.19. The number of halogens is 1. The monoisotopic (exact) mass is 422 g/mol. The van der Waals surface area contributed by atoms with Gasteiger partial charge in [0.15, 0.2) is 0 Å². The van der Waals surface area contributed by atoms with E-state index in [1.54, 1.807) is 6.92 Å². The maximum Gasteiger partial charge on any atom is 0.244 e. The highest BCUT2D eigenvalue weighted by Crippen LogP contribution is 2.23. The number of carbonyl (C=O) groups excluding carboxylic acids is 1. The zero-order chi connectivity index (χ0) is 21.6. The summed E-state index contributed by atoms with van der Waals surface area (Å²) in [5, 5.41) is 2.73. The fraction of sp³-hybridized carbons (Fsp3) is 0.381. The topological polar surface area (TPSA) is 75.7 Å². The van der Waals surface area contributed by atoms with Crippen molar-refractivity contribution < 1.29 is 22.3 Å². The predicted octanol–water partition coefficient (Wildman–Crippen LogP) is 3.18. The number of benzene rings is 2. The van der Waals surface area contributed by atoms with Crippen LogP contribution in [-0.4, -0.2) is 39.8 Å². The molecule has 6 nitrogen and oxygen atoms in total. The van der Waals surface area contributed by atoms with E-state index >= 15 is 0 Å². The van der Waals surface area contributed by atoms with Crippen LogP contribution in [0.25, 0.3) is 0 Å². The number of anilines is 1. The number of carbonyl (C=O) groups is 1. The Morgan fingerprint density at radius 2 is 1.83 bits per heavy atom. The normalized spacial score (nSPS) is 12.3. The number of hydrogen-bond donors (Lipinski definition) is 1. The average molecular weight is 423 g/mol. The van der Waals surface area contributed by atoms with Crippen LogP contribution in [0.3, 0.4) is 0 Å². The van der Waals surface area contributed by atoms with Gasteiger partial charge in [-0.1, -0.05) is 19.1 Å². The first kappa shape index (κ1) is 22.7. The molecule has 2 aromatic rings. The van der Waals surface area contributed by atoms with Gasteiger partial charge in [-0.3, -0.25) is 9.10 Å². The standard InChI is InChI=1S/C21H27FN2O4S/c1-5-19(24(29(4,26)27)18-11-9-17(22)10-12-18)21(25)23-13-14-28-20-8-6-7-15(2)16(20)3/h6-12,19H,5,13-14H2,1-4H3,(H,23,25)/t19-/m1/s1. The number of aryl methyl sites for hydroxylation is 1. The predicted molar refractivity (Wildman–Crippen MR) is 112 cm³/mol. The number of sulfonamides is 1. The summed E-state index contributed by atoms with van der Waals surface area (Å²) in [6, 6.07) is 9.81. The molecule has 0 saturated heterocycles. The summed E-state index contributed by atoms with van der Waals surface area (Å²) in [6.07, 6.45) is 1.28. The van der Waals surface area contributed by atoms with Crippen LogP contribution >= 0.6 is 0 Å². The summed E-state index contributed by atoms with van der Waals surface area (Å²) in [5.41, 5.74) is 2.38. The maximum atomic E-state index is 13.2. The SMILES string of the molecule is CC[C@H](C(=O)NCCOc1cccc(C)c1C)N(c1ccc(F)cc1)S(C)(=O)=O. The molecule has 0 heterocycles. The minimum absolute atomic E-state index is 0.226. The molecule has 2 rings (SSSR count). The van der Waals surface area contributed by atoms with Crippen LogP contribution in [-0.2, 0) is 14.8 Å². The quantitative estimate of drug-likeness (QED) is 0.630. The summed E-state index contributed by atoms with van der Waals surface area (Å²) in [4.78, 5) is 12.7. The van der Waals surface area contributed by atoms with Crippen molar-refractivity contribution in [2.75, 3.05) is 23.7 Å². The van der Waals surface area contributed by atoms with Gasteiger partial charge in [0.2, 0.25) is 15.9 Å². The van der Waals surface area contributed by atoms with Crippen molar-refractivity contribution in [1.29, 1.82) is 0 Å². The molecule has 8 heteroatoms. The molecule has 0 fully saturated rings. The molecule has 1 N–H and O–H groups in total.